The molecule has 4 rings (SSSR count). The molecule has 1 aliphatic rings. The second-order valence-electron chi connectivity index (χ2n) is 5.49. The lowest BCUT2D eigenvalue weighted by Gasteiger charge is -2.25. The summed E-state index contributed by atoms with van der Waals surface area (Å²) in [6.45, 7) is 5.36. The standard InChI is InChI=1S/C16H17N3S2/c1-10-4-7-20-15(10)12-9-14-17-6-3-13(19(14)18-12)16-11(2)5-8-21-16/h4-5,7-9,13,17H,3,6H2,1-2H3. The molecule has 4 heterocycles. The number of fused-ring (bicyclic) bond motifs is 1. The van der Waals surface area contributed by atoms with E-state index >= 15 is 0 Å². The van der Waals surface area contributed by atoms with E-state index in [2.05, 4.69) is 52.8 Å². The molecule has 0 aromatic carbocycles. The molecule has 3 aromatic rings. The summed E-state index contributed by atoms with van der Waals surface area (Å²) in [7, 11) is 0. The summed E-state index contributed by atoms with van der Waals surface area (Å²) in [6.07, 6.45) is 1.10. The zero-order valence-electron chi connectivity index (χ0n) is 12.1. The molecule has 1 N–H and O–H groups in total. The number of aryl methyl sites for hydroxylation is 2. The van der Waals surface area contributed by atoms with Gasteiger partial charge in [0, 0.05) is 17.5 Å². The Labute approximate surface area is 132 Å². The van der Waals surface area contributed by atoms with Gasteiger partial charge in [-0.1, -0.05) is 0 Å². The number of nitrogens with one attached hydrogen (secondary N) is 1. The molecule has 0 amide bonds. The van der Waals surface area contributed by atoms with Crippen LogP contribution in [0.1, 0.15) is 28.5 Å². The van der Waals surface area contributed by atoms with Crippen molar-refractivity contribution in [1.29, 1.82) is 0 Å². The molecule has 0 spiro atoms. The highest BCUT2D eigenvalue weighted by Gasteiger charge is 2.25. The zero-order valence-corrected chi connectivity index (χ0v) is 13.7. The van der Waals surface area contributed by atoms with Crippen LogP contribution in [0.5, 0.6) is 0 Å². The van der Waals surface area contributed by atoms with Crippen LogP contribution >= 0.6 is 22.7 Å². The molecular formula is C16H17N3S2. The predicted molar refractivity (Wildman–Crippen MR) is 90.6 cm³/mol. The van der Waals surface area contributed by atoms with Gasteiger partial charge >= 0.3 is 0 Å². The van der Waals surface area contributed by atoms with Crippen LogP contribution in [0.3, 0.4) is 0 Å². The van der Waals surface area contributed by atoms with Crippen LogP contribution in [0, 0.1) is 13.8 Å². The van der Waals surface area contributed by atoms with Gasteiger partial charge in [0.25, 0.3) is 0 Å². The summed E-state index contributed by atoms with van der Waals surface area (Å²) >= 11 is 3.61. The van der Waals surface area contributed by atoms with Crippen molar-refractivity contribution in [2.75, 3.05) is 11.9 Å². The molecule has 108 valence electrons. The molecule has 0 saturated heterocycles. The Morgan fingerprint density at radius 3 is 2.71 bits per heavy atom. The molecule has 0 fully saturated rings. The minimum Gasteiger partial charge on any atom is -0.370 e. The van der Waals surface area contributed by atoms with Gasteiger partial charge in [-0.3, -0.25) is 0 Å². The Balaban J connectivity index is 1.80. The minimum atomic E-state index is 0.371. The van der Waals surface area contributed by atoms with Crippen LogP contribution in [0.25, 0.3) is 10.6 Å². The lowest BCUT2D eigenvalue weighted by molar-refractivity contribution is 0.488. The van der Waals surface area contributed by atoms with E-state index in [1.807, 2.05) is 11.3 Å². The van der Waals surface area contributed by atoms with Crippen LogP contribution in [-0.4, -0.2) is 16.3 Å². The first-order valence-electron chi connectivity index (χ1n) is 7.16. The molecule has 0 aliphatic carbocycles. The number of hydrogen-bond acceptors (Lipinski definition) is 4. The van der Waals surface area contributed by atoms with E-state index in [9.17, 15) is 0 Å². The number of aromatic nitrogens is 2. The molecule has 3 nitrogen and oxygen atoms in total. The lowest BCUT2D eigenvalue weighted by Crippen LogP contribution is -2.24. The van der Waals surface area contributed by atoms with Gasteiger partial charge in [0.05, 0.1) is 10.9 Å². The average molecular weight is 315 g/mol. The maximum atomic E-state index is 4.90. The first kappa shape index (κ1) is 13.1. The Morgan fingerprint density at radius 2 is 2.00 bits per heavy atom. The van der Waals surface area contributed by atoms with E-state index in [1.54, 1.807) is 11.3 Å². The maximum Gasteiger partial charge on any atom is 0.125 e. The van der Waals surface area contributed by atoms with E-state index < -0.39 is 0 Å². The van der Waals surface area contributed by atoms with Gasteiger partial charge in [-0.25, -0.2) is 4.68 Å². The summed E-state index contributed by atoms with van der Waals surface area (Å²) < 4.78 is 2.18. The maximum absolute atomic E-state index is 4.90. The van der Waals surface area contributed by atoms with E-state index in [0.717, 1.165) is 24.5 Å². The monoisotopic (exact) mass is 315 g/mol. The van der Waals surface area contributed by atoms with Crippen molar-refractivity contribution in [1.82, 2.24) is 9.78 Å². The van der Waals surface area contributed by atoms with Crippen LogP contribution in [0.4, 0.5) is 5.82 Å². The third-order valence-electron chi connectivity index (χ3n) is 4.05. The van der Waals surface area contributed by atoms with Gasteiger partial charge in [-0.05, 0) is 54.3 Å². The van der Waals surface area contributed by atoms with E-state index in [1.165, 1.54) is 20.9 Å². The van der Waals surface area contributed by atoms with E-state index in [0.29, 0.717) is 6.04 Å². The fourth-order valence-electron chi connectivity index (χ4n) is 2.94. The molecule has 5 heteroatoms. The number of rotatable bonds is 2. The Hall–Kier alpha value is -1.59. The molecule has 1 aliphatic heterocycles. The van der Waals surface area contributed by atoms with Gasteiger partial charge in [0.15, 0.2) is 0 Å². The highest BCUT2D eigenvalue weighted by molar-refractivity contribution is 7.13. The quantitative estimate of drug-likeness (QED) is 0.743. The van der Waals surface area contributed by atoms with Crippen molar-refractivity contribution in [2.24, 2.45) is 0 Å². The summed E-state index contributed by atoms with van der Waals surface area (Å²) in [4.78, 5) is 2.72. The topological polar surface area (TPSA) is 29.9 Å². The van der Waals surface area contributed by atoms with E-state index in [4.69, 9.17) is 5.10 Å². The molecule has 21 heavy (non-hydrogen) atoms. The van der Waals surface area contributed by atoms with Crippen LogP contribution < -0.4 is 5.32 Å². The molecule has 1 unspecified atom stereocenters. The smallest absolute Gasteiger partial charge is 0.125 e. The van der Waals surface area contributed by atoms with Crippen LogP contribution in [0.15, 0.2) is 29.0 Å². The highest BCUT2D eigenvalue weighted by atomic mass is 32.1. The number of nitrogens with zero attached hydrogens (tertiary/aromatic N) is 2. The molecular weight excluding hydrogens is 298 g/mol. The second-order valence-corrected chi connectivity index (χ2v) is 7.36. The first-order chi connectivity index (χ1) is 10.2. The Morgan fingerprint density at radius 1 is 1.19 bits per heavy atom. The first-order valence-corrected chi connectivity index (χ1v) is 8.92. The normalized spacial score (nSPS) is 17.5. The summed E-state index contributed by atoms with van der Waals surface area (Å²) in [5.74, 6) is 1.14. The van der Waals surface area contributed by atoms with E-state index in [-0.39, 0.29) is 0 Å². The van der Waals surface area contributed by atoms with Crippen LogP contribution in [-0.2, 0) is 0 Å². The third-order valence-corrected chi connectivity index (χ3v) is 6.21. The molecule has 3 aromatic heterocycles. The Bertz CT molecular complexity index is 781. The molecule has 0 radical (unpaired) electrons. The Kier molecular flexibility index (Phi) is 3.12. The van der Waals surface area contributed by atoms with Crippen LogP contribution in [0.2, 0.25) is 0 Å². The molecule has 1 atom stereocenters. The van der Waals surface area contributed by atoms with Gasteiger partial charge < -0.3 is 5.32 Å². The number of anilines is 1. The van der Waals surface area contributed by atoms with Crippen molar-refractivity contribution in [3.05, 3.63) is 45.0 Å². The molecule has 0 saturated carbocycles. The minimum absolute atomic E-state index is 0.371. The van der Waals surface area contributed by atoms with Gasteiger partial charge in [-0.15, -0.1) is 22.7 Å². The summed E-state index contributed by atoms with van der Waals surface area (Å²) in [5, 5.41) is 12.7. The van der Waals surface area contributed by atoms with Crippen molar-refractivity contribution in [3.63, 3.8) is 0 Å². The van der Waals surface area contributed by atoms with Crippen molar-refractivity contribution in [3.8, 4) is 10.6 Å². The fraction of sp³-hybridized carbons (Fsp3) is 0.312. The zero-order chi connectivity index (χ0) is 14.4. The van der Waals surface area contributed by atoms with Gasteiger partial charge in [0.1, 0.15) is 11.5 Å². The number of thiophene rings is 2. The second kappa shape index (κ2) is 5.00. The SMILES string of the molecule is Cc1ccsc1-c1cc2n(n1)C(c1sccc1C)CCN2. The largest absolute Gasteiger partial charge is 0.370 e. The van der Waals surface area contributed by atoms with Crippen molar-refractivity contribution < 1.29 is 0 Å². The van der Waals surface area contributed by atoms with Crippen molar-refractivity contribution >= 4 is 28.5 Å². The van der Waals surface area contributed by atoms with Gasteiger partial charge in [-0.2, -0.15) is 5.10 Å². The van der Waals surface area contributed by atoms with Gasteiger partial charge in [0.2, 0.25) is 0 Å². The third kappa shape index (κ3) is 2.12. The highest BCUT2D eigenvalue weighted by Crippen LogP contribution is 2.37. The summed E-state index contributed by atoms with van der Waals surface area (Å²) in [5.41, 5.74) is 3.77. The fourth-order valence-corrected chi connectivity index (χ4v) is 4.87. The average Bonchev–Trinajstić information content (AvgIpc) is 3.16. The van der Waals surface area contributed by atoms with Crippen molar-refractivity contribution in [2.45, 2.75) is 26.3 Å². The number of hydrogen-bond donors (Lipinski definition) is 1. The lowest BCUT2D eigenvalue weighted by atomic mass is 10.1. The predicted octanol–water partition coefficient (Wildman–Crippen LogP) is 4.69. The molecule has 0 bridgehead atoms. The summed E-state index contributed by atoms with van der Waals surface area (Å²) in [6, 6.07) is 6.92.